The molecule has 0 aliphatic carbocycles. The summed E-state index contributed by atoms with van der Waals surface area (Å²) in [4.78, 5) is 20.1. The molecule has 2 rings (SSSR count). The van der Waals surface area contributed by atoms with Gasteiger partial charge in [0.15, 0.2) is 5.78 Å². The number of anilines is 2. The molecule has 0 aliphatic rings. The Bertz CT molecular complexity index is 694. The van der Waals surface area contributed by atoms with Crippen molar-refractivity contribution >= 4 is 29.2 Å². The predicted molar refractivity (Wildman–Crippen MR) is 80.6 cm³/mol. The van der Waals surface area contributed by atoms with Crippen molar-refractivity contribution in [3.05, 3.63) is 46.6 Å². The summed E-state index contributed by atoms with van der Waals surface area (Å²) >= 11 is 5.77. The van der Waals surface area contributed by atoms with Crippen molar-refractivity contribution in [2.75, 3.05) is 24.2 Å². The maximum atomic E-state index is 12.0. The molecule has 0 unspecified atom stereocenters. The predicted octanol–water partition coefficient (Wildman–Crippen LogP) is 2.34. The van der Waals surface area contributed by atoms with Crippen LogP contribution in [-0.4, -0.2) is 29.3 Å². The van der Waals surface area contributed by atoms with Gasteiger partial charge in [-0.15, -0.1) is 0 Å². The van der Waals surface area contributed by atoms with E-state index in [1.54, 1.807) is 31.3 Å². The molecule has 2 aromatic rings. The largest absolute Gasteiger partial charge is 0.372 e. The maximum Gasteiger partial charge on any atom is 0.225 e. The van der Waals surface area contributed by atoms with E-state index < -0.39 is 0 Å². The van der Waals surface area contributed by atoms with Crippen molar-refractivity contribution in [3.8, 4) is 6.07 Å². The van der Waals surface area contributed by atoms with Crippen LogP contribution in [0, 0.1) is 11.3 Å². The van der Waals surface area contributed by atoms with Crippen LogP contribution >= 0.6 is 11.6 Å². The molecule has 6 nitrogen and oxygen atoms in total. The Morgan fingerprint density at radius 1 is 1.38 bits per heavy atom. The third kappa shape index (κ3) is 3.68. The molecule has 0 radical (unpaired) electrons. The highest BCUT2D eigenvalue weighted by Gasteiger charge is 2.08. The van der Waals surface area contributed by atoms with Crippen LogP contribution in [0.5, 0.6) is 0 Å². The summed E-state index contributed by atoms with van der Waals surface area (Å²) in [5, 5.41) is 15.1. The van der Waals surface area contributed by atoms with Crippen LogP contribution in [-0.2, 0) is 0 Å². The van der Waals surface area contributed by atoms with Crippen LogP contribution in [0.3, 0.4) is 0 Å². The van der Waals surface area contributed by atoms with Gasteiger partial charge in [-0.2, -0.15) is 10.2 Å². The fraction of sp³-hybridized carbons (Fsp3) is 0.143. The summed E-state index contributed by atoms with van der Waals surface area (Å²) in [6.07, 6.45) is 1.40. The molecule has 0 spiro atoms. The molecule has 7 heteroatoms. The number of Topliss-reactive ketones (excluding diaryl/α,β-unsaturated/α-hetero) is 1. The van der Waals surface area contributed by atoms with Gasteiger partial charge in [0.1, 0.15) is 17.5 Å². The van der Waals surface area contributed by atoms with E-state index in [2.05, 4.69) is 20.6 Å². The topological polar surface area (TPSA) is 90.7 Å². The molecular formula is C14H12ClN5O. The average molecular weight is 302 g/mol. The van der Waals surface area contributed by atoms with Crippen LogP contribution in [0.4, 0.5) is 11.8 Å². The molecule has 1 heterocycles. The summed E-state index contributed by atoms with van der Waals surface area (Å²) < 4.78 is 0. The highest BCUT2D eigenvalue weighted by Crippen LogP contribution is 2.13. The van der Waals surface area contributed by atoms with Crippen LogP contribution in [0.2, 0.25) is 5.02 Å². The lowest BCUT2D eigenvalue weighted by Gasteiger charge is -2.07. The van der Waals surface area contributed by atoms with Gasteiger partial charge in [0.25, 0.3) is 0 Å². The number of ketones is 1. The number of hydrogen-bond donors (Lipinski definition) is 2. The molecule has 21 heavy (non-hydrogen) atoms. The first-order valence-electron chi connectivity index (χ1n) is 6.11. The number of hydrogen-bond acceptors (Lipinski definition) is 6. The summed E-state index contributed by atoms with van der Waals surface area (Å²) in [6, 6.07) is 8.61. The van der Waals surface area contributed by atoms with Gasteiger partial charge in [-0.1, -0.05) is 11.6 Å². The van der Waals surface area contributed by atoms with Gasteiger partial charge in [0, 0.05) is 17.6 Å². The minimum atomic E-state index is -0.106. The van der Waals surface area contributed by atoms with Crippen LogP contribution in [0.25, 0.3) is 0 Å². The minimum Gasteiger partial charge on any atom is -0.372 e. The zero-order chi connectivity index (χ0) is 15.2. The van der Waals surface area contributed by atoms with Gasteiger partial charge >= 0.3 is 0 Å². The summed E-state index contributed by atoms with van der Waals surface area (Å²) in [5.74, 6) is 0.584. The Balaban J connectivity index is 2.04. The van der Waals surface area contributed by atoms with E-state index in [9.17, 15) is 4.79 Å². The Labute approximate surface area is 126 Å². The minimum absolute atomic E-state index is 0.0523. The zero-order valence-corrected chi connectivity index (χ0v) is 12.0. The number of benzene rings is 1. The van der Waals surface area contributed by atoms with Gasteiger partial charge in [0.2, 0.25) is 5.95 Å². The standard InChI is InChI=1S/C14H12ClN5O/c1-17-13-10(6-16)7-18-14(20-13)19-8-12(21)9-2-4-11(15)5-3-9/h2-5,7H,8H2,1H3,(H2,17,18,19,20). The van der Waals surface area contributed by atoms with Crippen molar-refractivity contribution in [3.63, 3.8) is 0 Å². The van der Waals surface area contributed by atoms with E-state index >= 15 is 0 Å². The number of nitrogens with zero attached hydrogens (tertiary/aromatic N) is 3. The number of halogens is 1. The lowest BCUT2D eigenvalue weighted by molar-refractivity contribution is 0.101. The number of nitriles is 1. The number of carbonyl (C=O) groups excluding carboxylic acids is 1. The van der Waals surface area contributed by atoms with Crippen LogP contribution in [0.1, 0.15) is 15.9 Å². The number of nitrogens with one attached hydrogen (secondary N) is 2. The first-order chi connectivity index (χ1) is 10.1. The maximum absolute atomic E-state index is 12.0. The Kier molecular flexibility index (Phi) is 4.69. The number of aromatic nitrogens is 2. The van der Waals surface area contributed by atoms with E-state index in [0.717, 1.165) is 0 Å². The Hall–Kier alpha value is -2.65. The van der Waals surface area contributed by atoms with Crippen molar-refractivity contribution in [1.82, 2.24) is 9.97 Å². The molecule has 1 aromatic heterocycles. The third-order valence-electron chi connectivity index (χ3n) is 2.72. The number of rotatable bonds is 5. The third-order valence-corrected chi connectivity index (χ3v) is 2.97. The summed E-state index contributed by atoms with van der Waals surface area (Å²) in [6.45, 7) is 0.0523. The summed E-state index contributed by atoms with van der Waals surface area (Å²) in [7, 11) is 1.66. The van der Waals surface area contributed by atoms with Gasteiger partial charge < -0.3 is 10.6 Å². The van der Waals surface area contributed by atoms with Gasteiger partial charge in [-0.25, -0.2) is 4.98 Å². The Morgan fingerprint density at radius 3 is 2.71 bits per heavy atom. The molecule has 0 aliphatic heterocycles. The molecule has 0 atom stereocenters. The Morgan fingerprint density at radius 2 is 2.10 bits per heavy atom. The molecule has 0 fully saturated rings. The molecule has 2 N–H and O–H groups in total. The summed E-state index contributed by atoms with van der Waals surface area (Å²) in [5.41, 5.74) is 0.890. The molecule has 0 bridgehead atoms. The van der Waals surface area contributed by atoms with Crippen molar-refractivity contribution in [2.24, 2.45) is 0 Å². The number of carbonyl (C=O) groups is 1. The SMILES string of the molecule is CNc1nc(NCC(=O)c2ccc(Cl)cc2)ncc1C#N. The van der Waals surface area contributed by atoms with E-state index in [0.29, 0.717) is 22.0 Å². The van der Waals surface area contributed by atoms with Gasteiger partial charge in [-0.3, -0.25) is 4.79 Å². The molecule has 0 amide bonds. The molecule has 106 valence electrons. The van der Waals surface area contributed by atoms with Crippen LogP contribution < -0.4 is 10.6 Å². The fourth-order valence-electron chi connectivity index (χ4n) is 1.64. The van der Waals surface area contributed by atoms with E-state index in [1.165, 1.54) is 6.20 Å². The first kappa shape index (κ1) is 14.8. The first-order valence-corrected chi connectivity index (χ1v) is 6.49. The lowest BCUT2D eigenvalue weighted by atomic mass is 10.1. The van der Waals surface area contributed by atoms with Crippen molar-refractivity contribution < 1.29 is 4.79 Å². The highest BCUT2D eigenvalue weighted by molar-refractivity contribution is 6.30. The average Bonchev–Trinajstić information content (AvgIpc) is 2.52. The monoisotopic (exact) mass is 301 g/mol. The van der Waals surface area contributed by atoms with E-state index in [-0.39, 0.29) is 18.3 Å². The molecule has 0 saturated carbocycles. The van der Waals surface area contributed by atoms with Crippen LogP contribution in [0.15, 0.2) is 30.5 Å². The second-order valence-electron chi connectivity index (χ2n) is 4.10. The smallest absolute Gasteiger partial charge is 0.225 e. The lowest BCUT2D eigenvalue weighted by Crippen LogP contribution is -2.16. The normalized spacial score (nSPS) is 9.76. The van der Waals surface area contributed by atoms with Gasteiger partial charge in [-0.05, 0) is 24.3 Å². The molecular weight excluding hydrogens is 290 g/mol. The van der Waals surface area contributed by atoms with E-state index in [4.69, 9.17) is 16.9 Å². The molecule has 1 aromatic carbocycles. The fourth-order valence-corrected chi connectivity index (χ4v) is 1.76. The molecule has 0 saturated heterocycles. The van der Waals surface area contributed by atoms with Crippen molar-refractivity contribution in [2.45, 2.75) is 0 Å². The second-order valence-corrected chi connectivity index (χ2v) is 4.54. The van der Waals surface area contributed by atoms with E-state index in [1.807, 2.05) is 6.07 Å². The zero-order valence-electron chi connectivity index (χ0n) is 11.2. The second kappa shape index (κ2) is 6.68. The highest BCUT2D eigenvalue weighted by atomic mass is 35.5. The van der Waals surface area contributed by atoms with Crippen molar-refractivity contribution in [1.29, 1.82) is 5.26 Å². The van der Waals surface area contributed by atoms with Gasteiger partial charge in [0.05, 0.1) is 12.7 Å². The quantitative estimate of drug-likeness (QED) is 0.824.